The van der Waals surface area contributed by atoms with E-state index >= 15 is 0 Å². The quantitative estimate of drug-likeness (QED) is 0.899. The summed E-state index contributed by atoms with van der Waals surface area (Å²) in [6, 6.07) is 9.77. The lowest BCUT2D eigenvalue weighted by atomic mass is 10.0. The Morgan fingerprint density at radius 3 is 2.50 bits per heavy atom. The van der Waals surface area contributed by atoms with Gasteiger partial charge >= 0.3 is 0 Å². The van der Waals surface area contributed by atoms with Gasteiger partial charge in [0, 0.05) is 17.6 Å². The largest absolute Gasteiger partial charge is 0.387 e. The Hall–Kier alpha value is -1.65. The van der Waals surface area contributed by atoms with E-state index in [4.69, 9.17) is 4.52 Å². The van der Waals surface area contributed by atoms with Crippen LogP contribution in [-0.2, 0) is 0 Å². The number of hydrogen-bond acceptors (Lipinski definition) is 4. The molecule has 20 heavy (non-hydrogen) atoms. The molecule has 1 unspecified atom stereocenters. The van der Waals surface area contributed by atoms with E-state index in [1.807, 2.05) is 37.3 Å². The lowest BCUT2D eigenvalue weighted by Crippen LogP contribution is -2.38. The summed E-state index contributed by atoms with van der Waals surface area (Å²) in [4.78, 5) is 0. The van der Waals surface area contributed by atoms with Crippen LogP contribution in [0.3, 0.4) is 0 Å². The number of benzene rings is 1. The van der Waals surface area contributed by atoms with Gasteiger partial charge in [-0.15, -0.1) is 0 Å². The molecule has 0 aliphatic carbocycles. The average molecular weight is 274 g/mol. The highest BCUT2D eigenvalue weighted by molar-refractivity contribution is 5.63. The van der Waals surface area contributed by atoms with Crippen LogP contribution in [0.25, 0.3) is 11.3 Å². The van der Waals surface area contributed by atoms with Crippen molar-refractivity contribution in [2.24, 2.45) is 0 Å². The van der Waals surface area contributed by atoms with E-state index in [9.17, 15) is 5.11 Å². The van der Waals surface area contributed by atoms with Gasteiger partial charge in [0.25, 0.3) is 0 Å². The van der Waals surface area contributed by atoms with E-state index in [1.165, 1.54) is 0 Å². The number of rotatable bonds is 4. The van der Waals surface area contributed by atoms with Crippen LogP contribution in [0, 0.1) is 6.92 Å². The van der Waals surface area contributed by atoms with Crippen molar-refractivity contribution in [1.82, 2.24) is 10.5 Å². The van der Waals surface area contributed by atoms with Crippen molar-refractivity contribution in [3.63, 3.8) is 0 Å². The molecule has 108 valence electrons. The minimum Gasteiger partial charge on any atom is -0.387 e. The molecule has 0 aliphatic heterocycles. The van der Waals surface area contributed by atoms with Crippen molar-refractivity contribution < 1.29 is 9.63 Å². The molecule has 4 heteroatoms. The molecule has 1 aromatic carbocycles. The van der Waals surface area contributed by atoms with E-state index in [0.717, 1.165) is 11.1 Å². The van der Waals surface area contributed by atoms with Gasteiger partial charge in [-0.1, -0.05) is 35.5 Å². The van der Waals surface area contributed by atoms with Gasteiger partial charge in [-0.3, -0.25) is 0 Å². The molecular formula is C16H22N2O2. The summed E-state index contributed by atoms with van der Waals surface area (Å²) < 4.78 is 5.27. The van der Waals surface area contributed by atoms with Crippen LogP contribution in [0.4, 0.5) is 0 Å². The number of nitrogens with zero attached hydrogens (tertiary/aromatic N) is 1. The third-order valence-corrected chi connectivity index (χ3v) is 3.11. The van der Waals surface area contributed by atoms with Gasteiger partial charge in [0.1, 0.15) is 11.5 Å². The maximum absolute atomic E-state index is 10.4. The van der Waals surface area contributed by atoms with Gasteiger partial charge in [-0.2, -0.15) is 0 Å². The summed E-state index contributed by atoms with van der Waals surface area (Å²) in [5.41, 5.74) is 2.38. The highest BCUT2D eigenvalue weighted by Gasteiger charge is 2.23. The average Bonchev–Trinajstić information content (AvgIpc) is 2.78. The van der Waals surface area contributed by atoms with Gasteiger partial charge in [-0.25, -0.2) is 0 Å². The fraction of sp³-hybridized carbons (Fsp3) is 0.438. The van der Waals surface area contributed by atoms with Crippen LogP contribution >= 0.6 is 0 Å². The van der Waals surface area contributed by atoms with Crippen LogP contribution in [-0.4, -0.2) is 22.3 Å². The first kappa shape index (κ1) is 14.8. The molecular weight excluding hydrogens is 252 g/mol. The topological polar surface area (TPSA) is 58.3 Å². The van der Waals surface area contributed by atoms with E-state index < -0.39 is 6.10 Å². The monoisotopic (exact) mass is 274 g/mol. The standard InChI is InChI=1S/C16H22N2O2/c1-11-14(13(19)10-17-16(2,3)4)15(18-20-11)12-8-6-5-7-9-12/h5-9,13,17,19H,10H2,1-4H3. The maximum Gasteiger partial charge on any atom is 0.140 e. The highest BCUT2D eigenvalue weighted by atomic mass is 16.5. The lowest BCUT2D eigenvalue weighted by Gasteiger charge is -2.23. The number of aliphatic hydroxyl groups excluding tert-OH is 1. The molecule has 0 spiro atoms. The zero-order valence-corrected chi connectivity index (χ0v) is 12.5. The van der Waals surface area contributed by atoms with Gasteiger partial charge < -0.3 is 14.9 Å². The minimum atomic E-state index is -0.643. The first-order valence-corrected chi connectivity index (χ1v) is 6.83. The first-order valence-electron chi connectivity index (χ1n) is 6.83. The Kier molecular flexibility index (Phi) is 4.26. The molecule has 0 aliphatic rings. The molecule has 0 radical (unpaired) electrons. The number of aromatic nitrogens is 1. The molecule has 4 nitrogen and oxygen atoms in total. The first-order chi connectivity index (χ1) is 9.38. The van der Waals surface area contributed by atoms with Gasteiger partial charge in [0.2, 0.25) is 0 Å². The zero-order valence-electron chi connectivity index (χ0n) is 12.5. The van der Waals surface area contributed by atoms with Crippen molar-refractivity contribution in [3.05, 3.63) is 41.7 Å². The van der Waals surface area contributed by atoms with E-state index in [2.05, 4.69) is 31.2 Å². The van der Waals surface area contributed by atoms with E-state index in [-0.39, 0.29) is 5.54 Å². The molecule has 0 amide bonds. The molecule has 2 rings (SSSR count). The SMILES string of the molecule is Cc1onc(-c2ccccc2)c1C(O)CNC(C)(C)C. The van der Waals surface area contributed by atoms with Crippen LogP contribution in [0.15, 0.2) is 34.9 Å². The summed E-state index contributed by atoms with van der Waals surface area (Å²) in [6.45, 7) is 8.50. The third kappa shape index (κ3) is 3.46. The lowest BCUT2D eigenvalue weighted by molar-refractivity contribution is 0.162. The number of hydrogen-bond donors (Lipinski definition) is 2. The van der Waals surface area contributed by atoms with Gasteiger partial charge in [0.15, 0.2) is 0 Å². The fourth-order valence-corrected chi connectivity index (χ4v) is 2.08. The molecule has 0 saturated carbocycles. The predicted octanol–water partition coefficient (Wildman–Crippen LogP) is 3.07. The Labute approximate surface area is 119 Å². The highest BCUT2D eigenvalue weighted by Crippen LogP contribution is 2.30. The molecule has 1 heterocycles. The smallest absolute Gasteiger partial charge is 0.140 e. The normalized spacial score (nSPS) is 13.4. The van der Waals surface area contributed by atoms with Crippen molar-refractivity contribution in [1.29, 1.82) is 0 Å². The predicted molar refractivity (Wildman–Crippen MR) is 79.4 cm³/mol. The number of β-amino-alcohol motifs (C(OH)–C–C–N with tert-alkyl or cyclic N) is 1. The summed E-state index contributed by atoms with van der Waals surface area (Å²) in [6.07, 6.45) is -0.643. The zero-order chi connectivity index (χ0) is 14.8. The molecule has 1 atom stereocenters. The summed E-state index contributed by atoms with van der Waals surface area (Å²) >= 11 is 0. The van der Waals surface area contributed by atoms with Crippen LogP contribution < -0.4 is 5.32 Å². The van der Waals surface area contributed by atoms with Crippen molar-refractivity contribution >= 4 is 0 Å². The Bertz CT molecular complexity index is 556. The van der Waals surface area contributed by atoms with Crippen molar-refractivity contribution in [2.75, 3.05) is 6.54 Å². The molecule has 0 fully saturated rings. The third-order valence-electron chi connectivity index (χ3n) is 3.11. The van der Waals surface area contributed by atoms with E-state index in [1.54, 1.807) is 0 Å². The molecule has 0 saturated heterocycles. The number of nitrogens with one attached hydrogen (secondary N) is 1. The minimum absolute atomic E-state index is 0.0427. The summed E-state index contributed by atoms with van der Waals surface area (Å²) in [5, 5.41) is 17.8. The summed E-state index contributed by atoms with van der Waals surface area (Å²) in [5.74, 6) is 0.659. The Morgan fingerprint density at radius 2 is 1.90 bits per heavy atom. The van der Waals surface area contributed by atoms with Crippen LogP contribution in [0.2, 0.25) is 0 Å². The second-order valence-corrected chi connectivity index (χ2v) is 6.01. The van der Waals surface area contributed by atoms with Crippen LogP contribution in [0.1, 0.15) is 38.2 Å². The maximum atomic E-state index is 10.4. The second kappa shape index (κ2) is 5.77. The second-order valence-electron chi connectivity index (χ2n) is 6.01. The van der Waals surface area contributed by atoms with Crippen molar-refractivity contribution in [2.45, 2.75) is 39.3 Å². The fourth-order valence-electron chi connectivity index (χ4n) is 2.08. The Balaban J connectivity index is 2.26. The number of aliphatic hydroxyl groups is 1. The molecule has 1 aromatic heterocycles. The molecule has 2 N–H and O–H groups in total. The Morgan fingerprint density at radius 1 is 1.25 bits per heavy atom. The summed E-state index contributed by atoms with van der Waals surface area (Å²) in [7, 11) is 0. The van der Waals surface area contributed by atoms with Crippen molar-refractivity contribution in [3.8, 4) is 11.3 Å². The molecule has 0 bridgehead atoms. The van der Waals surface area contributed by atoms with Gasteiger partial charge in [-0.05, 0) is 27.7 Å². The molecule has 2 aromatic rings. The van der Waals surface area contributed by atoms with Gasteiger partial charge in [0.05, 0.1) is 11.7 Å². The number of aryl methyl sites for hydroxylation is 1. The van der Waals surface area contributed by atoms with E-state index in [0.29, 0.717) is 18.0 Å². The van der Waals surface area contributed by atoms with Crippen LogP contribution in [0.5, 0.6) is 0 Å².